The number of aliphatic hydroxyl groups excluding tert-OH is 1. The van der Waals surface area contributed by atoms with Crippen molar-refractivity contribution in [3.05, 3.63) is 17.5 Å². The Morgan fingerprint density at radius 2 is 2.12 bits per heavy atom. The quantitative estimate of drug-likeness (QED) is 0.722. The van der Waals surface area contributed by atoms with E-state index in [4.69, 9.17) is 0 Å². The molecule has 0 aliphatic carbocycles. The van der Waals surface area contributed by atoms with Crippen molar-refractivity contribution >= 4 is 0 Å². The number of aromatic nitrogens is 2. The minimum Gasteiger partial charge on any atom is -0.393 e. The molecule has 0 aliphatic heterocycles. The average molecular weight is 224 g/mol. The van der Waals surface area contributed by atoms with E-state index in [0.717, 1.165) is 37.1 Å². The van der Waals surface area contributed by atoms with Gasteiger partial charge in [-0.3, -0.25) is 4.68 Å². The second-order valence-corrected chi connectivity index (χ2v) is 4.46. The van der Waals surface area contributed by atoms with Crippen LogP contribution in [-0.4, -0.2) is 21.0 Å². The fraction of sp³-hybridized carbons (Fsp3) is 0.769. The number of hydrogen-bond donors (Lipinski definition) is 1. The van der Waals surface area contributed by atoms with Crippen LogP contribution in [0.5, 0.6) is 0 Å². The van der Waals surface area contributed by atoms with Gasteiger partial charge in [-0.15, -0.1) is 0 Å². The van der Waals surface area contributed by atoms with Gasteiger partial charge < -0.3 is 5.11 Å². The first kappa shape index (κ1) is 13.2. The number of nitrogens with zero attached hydrogens (tertiary/aromatic N) is 2. The monoisotopic (exact) mass is 224 g/mol. The van der Waals surface area contributed by atoms with Crippen LogP contribution < -0.4 is 0 Å². The predicted octanol–water partition coefficient (Wildman–Crippen LogP) is 2.47. The molecule has 0 radical (unpaired) electrons. The second-order valence-electron chi connectivity index (χ2n) is 4.46. The summed E-state index contributed by atoms with van der Waals surface area (Å²) in [5.41, 5.74) is 2.25. The van der Waals surface area contributed by atoms with Gasteiger partial charge in [-0.2, -0.15) is 5.10 Å². The van der Waals surface area contributed by atoms with Crippen LogP contribution >= 0.6 is 0 Å². The van der Waals surface area contributed by atoms with Gasteiger partial charge in [-0.25, -0.2) is 0 Å². The lowest BCUT2D eigenvalue weighted by Gasteiger charge is -2.09. The van der Waals surface area contributed by atoms with E-state index in [1.54, 1.807) is 0 Å². The van der Waals surface area contributed by atoms with Crippen molar-refractivity contribution < 1.29 is 5.11 Å². The highest BCUT2D eigenvalue weighted by molar-refractivity contribution is 5.11. The van der Waals surface area contributed by atoms with Crippen LogP contribution in [0.3, 0.4) is 0 Å². The molecule has 0 amide bonds. The highest BCUT2D eigenvalue weighted by Gasteiger charge is 2.09. The number of aliphatic hydroxyl groups is 1. The van der Waals surface area contributed by atoms with Crippen molar-refractivity contribution in [2.45, 2.75) is 58.5 Å². The topological polar surface area (TPSA) is 38.1 Å². The lowest BCUT2D eigenvalue weighted by atomic mass is 10.1. The first-order chi connectivity index (χ1) is 7.67. The normalized spacial score (nSPS) is 13.0. The fourth-order valence-corrected chi connectivity index (χ4v) is 1.91. The maximum Gasteiger partial charge on any atom is 0.0624 e. The number of unbranched alkanes of at least 4 members (excludes halogenated alkanes) is 2. The van der Waals surface area contributed by atoms with Gasteiger partial charge in [0.1, 0.15) is 0 Å². The summed E-state index contributed by atoms with van der Waals surface area (Å²) in [7, 11) is 1.95. The summed E-state index contributed by atoms with van der Waals surface area (Å²) in [6.45, 7) is 4.28. The van der Waals surface area contributed by atoms with Gasteiger partial charge >= 0.3 is 0 Å². The second kappa shape index (κ2) is 6.69. The average Bonchev–Trinajstić information content (AvgIpc) is 2.60. The molecule has 1 aromatic rings. The summed E-state index contributed by atoms with van der Waals surface area (Å²) in [5, 5.41) is 14.3. The van der Waals surface area contributed by atoms with E-state index < -0.39 is 0 Å². The smallest absolute Gasteiger partial charge is 0.0624 e. The lowest BCUT2D eigenvalue weighted by Crippen LogP contribution is -2.13. The summed E-state index contributed by atoms with van der Waals surface area (Å²) in [5.74, 6) is 0. The summed E-state index contributed by atoms with van der Waals surface area (Å²) >= 11 is 0. The molecule has 0 fully saturated rings. The predicted molar refractivity (Wildman–Crippen MR) is 66.4 cm³/mol. The Balaban J connectivity index is 2.42. The molecule has 92 valence electrons. The first-order valence-electron chi connectivity index (χ1n) is 6.37. The third-order valence-electron chi connectivity index (χ3n) is 2.98. The standard InChI is InChI=1S/C13H24N2O/c1-4-6-7-8-13(16)10-12-9-11(5-2)14-15(12)3/h9,13,16H,4-8,10H2,1-3H3. The molecule has 0 aliphatic rings. The SMILES string of the molecule is CCCCCC(O)Cc1cc(CC)nn1C. The van der Waals surface area contributed by atoms with Crippen molar-refractivity contribution in [1.29, 1.82) is 0 Å². The summed E-state index contributed by atoms with van der Waals surface area (Å²) in [6.07, 6.45) is 5.91. The van der Waals surface area contributed by atoms with E-state index in [0.29, 0.717) is 0 Å². The summed E-state index contributed by atoms with van der Waals surface area (Å²) in [6, 6.07) is 2.10. The van der Waals surface area contributed by atoms with E-state index in [-0.39, 0.29) is 6.10 Å². The Hall–Kier alpha value is -0.830. The molecule has 1 unspecified atom stereocenters. The Morgan fingerprint density at radius 3 is 2.69 bits per heavy atom. The lowest BCUT2D eigenvalue weighted by molar-refractivity contribution is 0.159. The molecular formula is C13H24N2O. The van der Waals surface area contributed by atoms with E-state index in [1.807, 2.05) is 11.7 Å². The summed E-state index contributed by atoms with van der Waals surface area (Å²) in [4.78, 5) is 0. The zero-order chi connectivity index (χ0) is 12.0. The van der Waals surface area contributed by atoms with Crippen molar-refractivity contribution in [3.63, 3.8) is 0 Å². The van der Waals surface area contributed by atoms with E-state index in [9.17, 15) is 5.11 Å². The molecule has 0 aromatic carbocycles. The van der Waals surface area contributed by atoms with Gasteiger partial charge in [-0.1, -0.05) is 33.1 Å². The Kier molecular flexibility index (Phi) is 5.53. The maximum atomic E-state index is 9.89. The van der Waals surface area contributed by atoms with E-state index >= 15 is 0 Å². The van der Waals surface area contributed by atoms with Gasteiger partial charge in [-0.05, 0) is 18.9 Å². The van der Waals surface area contributed by atoms with Gasteiger partial charge in [0, 0.05) is 19.2 Å². The van der Waals surface area contributed by atoms with Crippen LogP contribution in [0, 0.1) is 0 Å². The molecule has 1 N–H and O–H groups in total. The van der Waals surface area contributed by atoms with Crippen LogP contribution in [0.2, 0.25) is 0 Å². The van der Waals surface area contributed by atoms with Crippen LogP contribution in [0.15, 0.2) is 6.07 Å². The van der Waals surface area contributed by atoms with Crippen molar-refractivity contribution in [2.75, 3.05) is 0 Å². The Morgan fingerprint density at radius 1 is 1.38 bits per heavy atom. The molecular weight excluding hydrogens is 200 g/mol. The molecule has 1 atom stereocenters. The molecule has 0 bridgehead atoms. The Bertz CT molecular complexity index is 307. The Labute approximate surface area is 98.5 Å². The molecule has 1 aromatic heterocycles. The molecule has 0 saturated carbocycles. The van der Waals surface area contributed by atoms with Crippen molar-refractivity contribution in [2.24, 2.45) is 7.05 Å². The largest absolute Gasteiger partial charge is 0.393 e. The third kappa shape index (κ3) is 3.97. The first-order valence-corrected chi connectivity index (χ1v) is 6.37. The minimum atomic E-state index is -0.216. The van der Waals surface area contributed by atoms with Gasteiger partial charge in [0.15, 0.2) is 0 Å². The zero-order valence-corrected chi connectivity index (χ0v) is 10.7. The number of rotatable bonds is 7. The molecule has 1 heterocycles. The van der Waals surface area contributed by atoms with Gasteiger partial charge in [0.25, 0.3) is 0 Å². The molecule has 3 nitrogen and oxygen atoms in total. The van der Waals surface area contributed by atoms with Crippen LogP contribution in [-0.2, 0) is 19.9 Å². The fourth-order valence-electron chi connectivity index (χ4n) is 1.91. The van der Waals surface area contributed by atoms with Crippen LogP contribution in [0.4, 0.5) is 0 Å². The zero-order valence-electron chi connectivity index (χ0n) is 10.7. The van der Waals surface area contributed by atoms with E-state index in [2.05, 4.69) is 25.0 Å². The number of hydrogen-bond acceptors (Lipinski definition) is 2. The summed E-state index contributed by atoms with van der Waals surface area (Å²) < 4.78 is 1.89. The van der Waals surface area contributed by atoms with Crippen LogP contribution in [0.1, 0.15) is 50.9 Å². The molecule has 0 saturated heterocycles. The molecule has 0 spiro atoms. The van der Waals surface area contributed by atoms with Crippen molar-refractivity contribution in [3.8, 4) is 0 Å². The highest BCUT2D eigenvalue weighted by Crippen LogP contribution is 2.11. The van der Waals surface area contributed by atoms with Crippen LogP contribution in [0.25, 0.3) is 0 Å². The highest BCUT2D eigenvalue weighted by atomic mass is 16.3. The molecule has 16 heavy (non-hydrogen) atoms. The minimum absolute atomic E-state index is 0.216. The van der Waals surface area contributed by atoms with Gasteiger partial charge in [0.2, 0.25) is 0 Å². The third-order valence-corrected chi connectivity index (χ3v) is 2.98. The van der Waals surface area contributed by atoms with Crippen molar-refractivity contribution in [1.82, 2.24) is 9.78 Å². The maximum absolute atomic E-state index is 9.89. The molecule has 3 heteroatoms. The van der Waals surface area contributed by atoms with Gasteiger partial charge in [0.05, 0.1) is 11.8 Å². The molecule has 1 rings (SSSR count). The van der Waals surface area contributed by atoms with E-state index in [1.165, 1.54) is 12.8 Å². The number of aryl methyl sites for hydroxylation is 2.